The highest BCUT2D eigenvalue weighted by atomic mass is 32.2. The van der Waals surface area contributed by atoms with Crippen molar-refractivity contribution in [2.45, 2.75) is 19.4 Å². The molecule has 1 fully saturated rings. The molecule has 1 saturated heterocycles. The summed E-state index contributed by atoms with van der Waals surface area (Å²) >= 11 is 0. The Hall–Kier alpha value is -1.52. The zero-order chi connectivity index (χ0) is 14.8. The Balaban J connectivity index is 1.97. The summed E-state index contributed by atoms with van der Waals surface area (Å²) in [7, 11) is -2.02. The molecule has 1 aliphatic heterocycles. The second-order valence-electron chi connectivity index (χ2n) is 4.70. The van der Waals surface area contributed by atoms with Gasteiger partial charge in [-0.05, 0) is 12.8 Å². The van der Waals surface area contributed by atoms with E-state index in [-0.39, 0.29) is 13.1 Å². The van der Waals surface area contributed by atoms with Gasteiger partial charge in [0.2, 0.25) is 0 Å². The zero-order valence-corrected chi connectivity index (χ0v) is 11.9. The number of hydrogen-bond acceptors (Lipinski definition) is 5. The molecule has 2 heterocycles. The third-order valence-electron chi connectivity index (χ3n) is 3.13. The molecule has 9 nitrogen and oxygen atoms in total. The second kappa shape index (κ2) is 5.85. The minimum atomic E-state index is -3.71. The van der Waals surface area contributed by atoms with Crippen molar-refractivity contribution in [1.82, 2.24) is 23.8 Å². The third kappa shape index (κ3) is 3.52. The standard InChI is InChI=1S/C10H17N5O4S/c1-14-7-11-9(13-14)5-12-20(18,19)15-4-2-3-8(6-15)10(16)17/h7-8,12H,2-6H2,1H3,(H,16,17). The summed E-state index contributed by atoms with van der Waals surface area (Å²) in [6, 6.07) is 0. The molecule has 1 aromatic heterocycles. The number of carboxylic acids is 1. The Morgan fingerprint density at radius 1 is 1.60 bits per heavy atom. The first-order valence-electron chi connectivity index (χ1n) is 6.20. The molecule has 1 atom stereocenters. The fourth-order valence-corrected chi connectivity index (χ4v) is 3.31. The van der Waals surface area contributed by atoms with Crippen LogP contribution in [0, 0.1) is 5.92 Å². The first-order valence-corrected chi connectivity index (χ1v) is 7.64. The van der Waals surface area contributed by atoms with Crippen LogP contribution in [0.2, 0.25) is 0 Å². The van der Waals surface area contributed by atoms with Gasteiger partial charge in [0.05, 0.1) is 12.5 Å². The Bertz CT molecular complexity index is 584. The van der Waals surface area contributed by atoms with Crippen LogP contribution in [-0.2, 0) is 28.6 Å². The minimum Gasteiger partial charge on any atom is -0.481 e. The number of carboxylic acid groups (broad SMARTS) is 1. The molecule has 2 rings (SSSR count). The van der Waals surface area contributed by atoms with E-state index in [0.29, 0.717) is 25.2 Å². The van der Waals surface area contributed by atoms with Gasteiger partial charge in [-0.2, -0.15) is 22.5 Å². The van der Waals surface area contributed by atoms with Crippen LogP contribution in [0.15, 0.2) is 6.33 Å². The van der Waals surface area contributed by atoms with Gasteiger partial charge in [-0.15, -0.1) is 0 Å². The van der Waals surface area contributed by atoms with Gasteiger partial charge in [0.15, 0.2) is 5.82 Å². The molecule has 0 saturated carbocycles. The van der Waals surface area contributed by atoms with E-state index in [1.165, 1.54) is 11.0 Å². The second-order valence-corrected chi connectivity index (χ2v) is 6.45. The number of rotatable bonds is 5. The van der Waals surface area contributed by atoms with E-state index < -0.39 is 22.1 Å². The quantitative estimate of drug-likeness (QED) is 0.716. The average molecular weight is 303 g/mol. The smallest absolute Gasteiger partial charge is 0.307 e. The van der Waals surface area contributed by atoms with Crippen molar-refractivity contribution < 1.29 is 18.3 Å². The molecule has 1 aliphatic rings. The number of piperidine rings is 1. The number of nitrogens with one attached hydrogen (secondary N) is 1. The van der Waals surface area contributed by atoms with E-state index in [1.807, 2.05) is 0 Å². The van der Waals surface area contributed by atoms with Gasteiger partial charge in [0.25, 0.3) is 10.2 Å². The van der Waals surface area contributed by atoms with Gasteiger partial charge in [-0.1, -0.05) is 0 Å². The van der Waals surface area contributed by atoms with Crippen molar-refractivity contribution in [2.75, 3.05) is 13.1 Å². The van der Waals surface area contributed by atoms with E-state index in [4.69, 9.17) is 5.11 Å². The largest absolute Gasteiger partial charge is 0.481 e. The molecule has 0 spiro atoms. The highest BCUT2D eigenvalue weighted by molar-refractivity contribution is 7.87. The number of hydrogen-bond donors (Lipinski definition) is 2. The highest BCUT2D eigenvalue weighted by Gasteiger charge is 2.32. The van der Waals surface area contributed by atoms with Crippen LogP contribution in [-0.4, -0.2) is 51.7 Å². The maximum atomic E-state index is 12.1. The molecular formula is C10H17N5O4S. The van der Waals surface area contributed by atoms with Crippen molar-refractivity contribution >= 4 is 16.2 Å². The van der Waals surface area contributed by atoms with Crippen LogP contribution in [0.1, 0.15) is 18.7 Å². The van der Waals surface area contributed by atoms with Crippen LogP contribution < -0.4 is 4.72 Å². The van der Waals surface area contributed by atoms with Gasteiger partial charge >= 0.3 is 5.97 Å². The lowest BCUT2D eigenvalue weighted by atomic mass is 10.0. The van der Waals surface area contributed by atoms with E-state index in [0.717, 1.165) is 4.31 Å². The maximum absolute atomic E-state index is 12.1. The van der Waals surface area contributed by atoms with Crippen LogP contribution in [0.3, 0.4) is 0 Å². The van der Waals surface area contributed by atoms with E-state index in [9.17, 15) is 13.2 Å². The number of nitrogens with zero attached hydrogens (tertiary/aromatic N) is 4. The Labute approximate surface area is 116 Å². The zero-order valence-electron chi connectivity index (χ0n) is 11.1. The molecule has 0 radical (unpaired) electrons. The van der Waals surface area contributed by atoms with Crippen molar-refractivity contribution in [1.29, 1.82) is 0 Å². The first-order chi connectivity index (χ1) is 9.38. The Kier molecular flexibility index (Phi) is 4.35. The molecule has 1 aromatic rings. The molecular weight excluding hydrogens is 286 g/mol. The molecule has 10 heteroatoms. The lowest BCUT2D eigenvalue weighted by Gasteiger charge is -2.29. The molecule has 0 aromatic carbocycles. The fourth-order valence-electron chi connectivity index (χ4n) is 2.07. The predicted molar refractivity (Wildman–Crippen MR) is 68.7 cm³/mol. The van der Waals surface area contributed by atoms with E-state index in [1.54, 1.807) is 7.05 Å². The average Bonchev–Trinajstić information content (AvgIpc) is 2.82. The summed E-state index contributed by atoms with van der Waals surface area (Å²) < 4.78 is 29.2. The molecule has 0 amide bonds. The van der Waals surface area contributed by atoms with Gasteiger partial charge in [0.1, 0.15) is 6.33 Å². The topological polar surface area (TPSA) is 117 Å². The SMILES string of the molecule is Cn1cnc(CNS(=O)(=O)N2CCCC(C(=O)O)C2)n1. The third-order valence-corrected chi connectivity index (χ3v) is 4.65. The van der Waals surface area contributed by atoms with Crippen molar-refractivity contribution in [3.05, 3.63) is 12.2 Å². The van der Waals surface area contributed by atoms with Gasteiger partial charge in [0, 0.05) is 20.1 Å². The van der Waals surface area contributed by atoms with Gasteiger partial charge in [-0.25, -0.2) is 4.98 Å². The summed E-state index contributed by atoms with van der Waals surface area (Å²) in [5.74, 6) is -1.24. The fraction of sp³-hybridized carbons (Fsp3) is 0.700. The van der Waals surface area contributed by atoms with Crippen LogP contribution in [0.4, 0.5) is 0 Å². The number of aromatic nitrogens is 3. The Morgan fingerprint density at radius 2 is 2.35 bits per heavy atom. The van der Waals surface area contributed by atoms with Crippen LogP contribution >= 0.6 is 0 Å². The van der Waals surface area contributed by atoms with Crippen molar-refractivity contribution in [3.63, 3.8) is 0 Å². The molecule has 2 N–H and O–H groups in total. The molecule has 1 unspecified atom stereocenters. The monoisotopic (exact) mass is 303 g/mol. The summed E-state index contributed by atoms with van der Waals surface area (Å²) in [5, 5.41) is 12.9. The molecule has 112 valence electrons. The number of aryl methyl sites for hydroxylation is 1. The maximum Gasteiger partial charge on any atom is 0.307 e. The summed E-state index contributed by atoms with van der Waals surface area (Å²) in [6.45, 7) is 0.312. The number of carbonyl (C=O) groups is 1. The summed E-state index contributed by atoms with van der Waals surface area (Å²) in [5.41, 5.74) is 0. The molecule has 0 bridgehead atoms. The summed E-state index contributed by atoms with van der Waals surface area (Å²) in [4.78, 5) is 14.9. The molecule has 0 aliphatic carbocycles. The first kappa shape index (κ1) is 14.9. The van der Waals surface area contributed by atoms with Crippen LogP contribution in [0.25, 0.3) is 0 Å². The number of aliphatic carboxylic acids is 1. The van der Waals surface area contributed by atoms with Gasteiger partial charge < -0.3 is 5.11 Å². The highest BCUT2D eigenvalue weighted by Crippen LogP contribution is 2.18. The lowest BCUT2D eigenvalue weighted by molar-refractivity contribution is -0.142. The van der Waals surface area contributed by atoms with E-state index >= 15 is 0 Å². The lowest BCUT2D eigenvalue weighted by Crippen LogP contribution is -2.47. The van der Waals surface area contributed by atoms with Crippen LogP contribution in [0.5, 0.6) is 0 Å². The van der Waals surface area contributed by atoms with E-state index in [2.05, 4.69) is 14.8 Å². The Morgan fingerprint density at radius 3 is 2.95 bits per heavy atom. The van der Waals surface area contributed by atoms with Crippen molar-refractivity contribution in [3.8, 4) is 0 Å². The van der Waals surface area contributed by atoms with Gasteiger partial charge in [-0.3, -0.25) is 9.48 Å². The van der Waals surface area contributed by atoms with Crippen molar-refractivity contribution in [2.24, 2.45) is 13.0 Å². The molecule has 20 heavy (non-hydrogen) atoms. The summed E-state index contributed by atoms with van der Waals surface area (Å²) in [6.07, 6.45) is 2.52. The normalized spacial score (nSPS) is 20.9. The minimum absolute atomic E-state index is 0.000311. The predicted octanol–water partition coefficient (Wildman–Crippen LogP) is -1.05.